The Kier molecular flexibility index (Phi) is 6.16. The number of amides is 1. The summed E-state index contributed by atoms with van der Waals surface area (Å²) in [7, 11) is 1.64. The van der Waals surface area contributed by atoms with Crippen LogP contribution in [0, 0.1) is 11.2 Å². The highest BCUT2D eigenvalue weighted by molar-refractivity contribution is 6.30. The highest BCUT2D eigenvalue weighted by Crippen LogP contribution is 2.52. The number of hydrogen-bond donors (Lipinski definition) is 2. The van der Waals surface area contributed by atoms with Gasteiger partial charge in [0.2, 0.25) is 5.43 Å². The summed E-state index contributed by atoms with van der Waals surface area (Å²) in [6, 6.07) is 4.40. The zero-order valence-electron chi connectivity index (χ0n) is 18.3. The first-order chi connectivity index (χ1) is 15.7. The van der Waals surface area contributed by atoms with E-state index in [1.54, 1.807) is 13.2 Å². The average Bonchev–Trinajstić information content (AvgIpc) is 2.89. The summed E-state index contributed by atoms with van der Waals surface area (Å²) in [5.74, 6) is -2.59. The van der Waals surface area contributed by atoms with E-state index in [1.165, 1.54) is 22.9 Å². The molecule has 2 heterocycles. The number of benzene rings is 1. The van der Waals surface area contributed by atoms with Gasteiger partial charge in [-0.3, -0.25) is 14.4 Å². The monoisotopic (exact) mass is 474 g/mol. The van der Waals surface area contributed by atoms with E-state index in [9.17, 15) is 23.9 Å². The number of carbonyl (C=O) groups excluding carboxylic acids is 2. The van der Waals surface area contributed by atoms with Crippen molar-refractivity contribution >= 4 is 23.3 Å². The minimum atomic E-state index is -0.944. The molecule has 0 bridgehead atoms. The Morgan fingerprint density at radius 2 is 2.12 bits per heavy atom. The van der Waals surface area contributed by atoms with Crippen LogP contribution in [0.4, 0.5) is 4.39 Å². The molecule has 9 heteroatoms. The average molecular weight is 475 g/mol. The van der Waals surface area contributed by atoms with Gasteiger partial charge in [-0.1, -0.05) is 35.4 Å². The molecule has 1 aliphatic carbocycles. The van der Waals surface area contributed by atoms with Gasteiger partial charge in [0.15, 0.2) is 11.5 Å². The first-order valence-electron chi connectivity index (χ1n) is 10.6. The van der Waals surface area contributed by atoms with E-state index in [4.69, 9.17) is 16.3 Å². The number of hydrogen-bond acceptors (Lipinski definition) is 5. The number of aromatic hydroxyl groups is 1. The summed E-state index contributed by atoms with van der Waals surface area (Å²) in [4.78, 5) is 38.5. The number of ketones is 1. The maximum atomic E-state index is 14.1. The lowest BCUT2D eigenvalue weighted by atomic mass is 9.61. The molecule has 1 aromatic carbocycles. The zero-order chi connectivity index (χ0) is 23.9. The highest BCUT2D eigenvalue weighted by Gasteiger charge is 2.49. The second kappa shape index (κ2) is 8.76. The lowest BCUT2D eigenvalue weighted by Crippen LogP contribution is -2.46. The number of ether oxygens (including phenoxy) is 1. The third-order valence-electron chi connectivity index (χ3n) is 6.66. The van der Waals surface area contributed by atoms with E-state index in [0.29, 0.717) is 19.4 Å². The second-order valence-corrected chi connectivity index (χ2v) is 8.96. The van der Waals surface area contributed by atoms with Crippen molar-refractivity contribution in [3.63, 3.8) is 0 Å². The van der Waals surface area contributed by atoms with Crippen LogP contribution in [-0.4, -0.2) is 34.6 Å². The number of carbonyl (C=O) groups is 2. The molecule has 0 radical (unpaired) electrons. The van der Waals surface area contributed by atoms with Crippen LogP contribution in [0.25, 0.3) is 0 Å². The third kappa shape index (κ3) is 3.98. The smallest absolute Gasteiger partial charge is 0.257 e. The van der Waals surface area contributed by atoms with Gasteiger partial charge in [0, 0.05) is 43.8 Å². The van der Waals surface area contributed by atoms with Crippen LogP contribution in [0.5, 0.6) is 5.75 Å². The summed E-state index contributed by atoms with van der Waals surface area (Å²) in [6.45, 7) is 1.98. The predicted molar refractivity (Wildman–Crippen MR) is 120 cm³/mol. The van der Waals surface area contributed by atoms with Gasteiger partial charge in [-0.15, -0.1) is 0 Å². The van der Waals surface area contributed by atoms with Crippen molar-refractivity contribution in [2.45, 2.75) is 45.4 Å². The number of fused-ring (bicyclic) bond motifs is 1. The number of pyridine rings is 1. The number of nitrogens with zero attached hydrogens (tertiary/aromatic N) is 1. The molecule has 2 aliphatic rings. The fourth-order valence-corrected chi connectivity index (χ4v) is 5.03. The Morgan fingerprint density at radius 1 is 1.39 bits per heavy atom. The normalized spacial score (nSPS) is 23.2. The molecule has 0 saturated heterocycles. The molecule has 2 N–H and O–H groups in total. The van der Waals surface area contributed by atoms with Crippen molar-refractivity contribution in [2.75, 3.05) is 7.11 Å². The van der Waals surface area contributed by atoms with Crippen LogP contribution in [0.15, 0.2) is 40.8 Å². The Morgan fingerprint density at radius 3 is 2.79 bits per heavy atom. The predicted octanol–water partition coefficient (Wildman–Crippen LogP) is 3.60. The molecule has 33 heavy (non-hydrogen) atoms. The number of rotatable bonds is 4. The van der Waals surface area contributed by atoms with E-state index >= 15 is 0 Å². The van der Waals surface area contributed by atoms with Gasteiger partial charge in [0.1, 0.15) is 17.1 Å². The fourth-order valence-electron chi connectivity index (χ4n) is 4.83. The molecule has 1 fully saturated rings. The van der Waals surface area contributed by atoms with Crippen molar-refractivity contribution in [3.05, 3.63) is 73.9 Å². The number of nitrogens with one attached hydrogen (secondary N) is 1. The Bertz CT molecular complexity index is 1230. The van der Waals surface area contributed by atoms with Crippen molar-refractivity contribution < 1.29 is 23.8 Å². The third-order valence-corrected chi connectivity index (χ3v) is 6.95. The summed E-state index contributed by atoms with van der Waals surface area (Å²) in [5.41, 5.74) is -0.640. The molecule has 2 aromatic rings. The van der Waals surface area contributed by atoms with Crippen LogP contribution in [-0.2, 0) is 17.8 Å². The minimum absolute atomic E-state index is 0.0555. The summed E-state index contributed by atoms with van der Waals surface area (Å²) in [6.07, 6.45) is 4.73. The summed E-state index contributed by atoms with van der Waals surface area (Å²) < 4.78 is 21.1. The van der Waals surface area contributed by atoms with Gasteiger partial charge in [0.25, 0.3) is 5.91 Å². The van der Waals surface area contributed by atoms with Gasteiger partial charge < -0.3 is 19.7 Å². The second-order valence-electron chi connectivity index (χ2n) is 8.55. The highest BCUT2D eigenvalue weighted by atomic mass is 35.5. The molecule has 1 aliphatic heterocycles. The van der Waals surface area contributed by atoms with Crippen molar-refractivity contribution in [2.24, 2.45) is 5.41 Å². The first-order valence-corrected chi connectivity index (χ1v) is 11.0. The van der Waals surface area contributed by atoms with Crippen LogP contribution in [0.3, 0.4) is 0 Å². The molecular formula is C24H24ClFN2O5. The summed E-state index contributed by atoms with van der Waals surface area (Å²) in [5, 5.41) is 13.0. The van der Waals surface area contributed by atoms with Crippen LogP contribution in [0.1, 0.15) is 52.6 Å². The Balaban J connectivity index is 1.68. The fraction of sp³-hybridized carbons (Fsp3) is 0.375. The van der Waals surface area contributed by atoms with Crippen LogP contribution >= 0.6 is 11.6 Å². The van der Waals surface area contributed by atoms with Crippen molar-refractivity contribution in [1.29, 1.82) is 0 Å². The molecule has 7 nitrogen and oxygen atoms in total. The topological polar surface area (TPSA) is 97.6 Å². The molecule has 1 saturated carbocycles. The molecular weight excluding hydrogens is 451 g/mol. The number of halogens is 2. The number of allylic oxidation sites excluding steroid dienone is 2. The Labute approximate surface area is 194 Å². The largest absolute Gasteiger partial charge is 0.503 e. The molecule has 4 rings (SSSR count). The molecule has 1 spiro atoms. The Hall–Kier alpha value is -2.97. The van der Waals surface area contributed by atoms with E-state index in [1.807, 2.05) is 13.0 Å². The van der Waals surface area contributed by atoms with Crippen LogP contribution < -0.4 is 10.7 Å². The lowest BCUT2D eigenvalue weighted by Gasteiger charge is -2.48. The van der Waals surface area contributed by atoms with Gasteiger partial charge in [-0.25, -0.2) is 4.39 Å². The van der Waals surface area contributed by atoms with Crippen molar-refractivity contribution in [1.82, 2.24) is 9.88 Å². The molecule has 0 atom stereocenters. The van der Waals surface area contributed by atoms with Gasteiger partial charge in [0.05, 0.1) is 11.1 Å². The molecule has 1 amide bonds. The number of Topliss-reactive ketones (excluding diaryl/α,β-unsaturated/α-hetero) is 1. The maximum absolute atomic E-state index is 14.1. The quantitative estimate of drug-likeness (QED) is 0.660. The molecule has 0 unspecified atom stereocenters. The van der Waals surface area contributed by atoms with E-state index in [2.05, 4.69) is 5.32 Å². The maximum Gasteiger partial charge on any atom is 0.257 e. The van der Waals surface area contributed by atoms with Gasteiger partial charge in [-0.05, 0) is 25.8 Å². The SMILES string of the molecule is C/C=C1/CC(=O)c2c(O)c(=O)c(C(=O)NCc3cccc(Cl)c3F)cn2C[C@]12C[C@H](OC)C2. The minimum Gasteiger partial charge on any atom is -0.503 e. The number of aromatic nitrogens is 1. The standard InChI is InChI=1S/C24H24ClFN2O5/c1-3-14-7-18(29)20-22(31)21(30)16(11-28(20)12-24(14)8-15(9-24)33-2)23(32)27-10-13-5-4-6-17(25)19(13)26/h3-6,11,15,31H,7-10,12H2,1-2H3,(H,27,32)/b14-3-/t15-,24+. The van der Waals surface area contributed by atoms with E-state index < -0.39 is 22.9 Å². The van der Waals surface area contributed by atoms with E-state index in [0.717, 1.165) is 5.57 Å². The van der Waals surface area contributed by atoms with Crippen molar-refractivity contribution in [3.8, 4) is 5.75 Å². The molecule has 1 aromatic heterocycles. The zero-order valence-corrected chi connectivity index (χ0v) is 19.0. The lowest BCUT2D eigenvalue weighted by molar-refractivity contribution is -0.0482. The summed E-state index contributed by atoms with van der Waals surface area (Å²) >= 11 is 5.77. The van der Waals surface area contributed by atoms with Gasteiger partial charge in [-0.2, -0.15) is 0 Å². The number of methoxy groups -OCH3 is 1. The van der Waals surface area contributed by atoms with Gasteiger partial charge >= 0.3 is 0 Å². The van der Waals surface area contributed by atoms with E-state index in [-0.39, 0.29) is 52.1 Å². The van der Waals surface area contributed by atoms with Crippen LogP contribution in [0.2, 0.25) is 5.02 Å². The first kappa shape index (κ1) is 23.2. The molecule has 174 valence electrons.